The predicted molar refractivity (Wildman–Crippen MR) is 63.0 cm³/mol. The normalized spacial score (nSPS) is 10.4. The van der Waals surface area contributed by atoms with Crippen molar-refractivity contribution in [2.24, 2.45) is 0 Å². The minimum Gasteiger partial charge on any atom is -0.360 e. The van der Waals surface area contributed by atoms with Crippen molar-refractivity contribution >= 4 is 21.7 Å². The Morgan fingerprint density at radius 2 is 2.25 bits per heavy atom. The Bertz CT molecular complexity index is 497. The number of aryl methyl sites for hydroxylation is 2. The molecular formula is C10H11BrN4O. The summed E-state index contributed by atoms with van der Waals surface area (Å²) in [5.41, 5.74) is 1.10. The van der Waals surface area contributed by atoms with Gasteiger partial charge < -0.3 is 9.84 Å². The Labute approximate surface area is 101 Å². The average Bonchev–Trinajstić information content (AvgIpc) is 2.63. The zero-order valence-electron chi connectivity index (χ0n) is 8.99. The molecule has 0 fully saturated rings. The molecule has 0 bridgehead atoms. The number of hydrogen-bond donors (Lipinski definition) is 1. The van der Waals surface area contributed by atoms with Gasteiger partial charge in [-0.25, -0.2) is 4.98 Å². The smallest absolute Gasteiger partial charge is 0.245 e. The van der Waals surface area contributed by atoms with E-state index >= 15 is 0 Å². The van der Waals surface area contributed by atoms with E-state index in [4.69, 9.17) is 4.52 Å². The maximum atomic E-state index is 4.98. The van der Waals surface area contributed by atoms with Crippen LogP contribution < -0.4 is 5.32 Å². The lowest BCUT2D eigenvalue weighted by atomic mass is 10.3. The summed E-state index contributed by atoms with van der Waals surface area (Å²) in [4.78, 5) is 8.34. The van der Waals surface area contributed by atoms with Crippen molar-refractivity contribution in [1.29, 1.82) is 0 Å². The van der Waals surface area contributed by atoms with Gasteiger partial charge in [0.25, 0.3) is 0 Å². The van der Waals surface area contributed by atoms with Crippen molar-refractivity contribution in [3.63, 3.8) is 0 Å². The van der Waals surface area contributed by atoms with Crippen LogP contribution in [0.5, 0.6) is 0 Å². The summed E-state index contributed by atoms with van der Waals surface area (Å²) in [6.07, 6.45) is 1.80. The van der Waals surface area contributed by atoms with E-state index in [2.05, 4.69) is 36.4 Å². The minimum absolute atomic E-state index is 0.468. The standard InChI is InChI=1S/C10H11BrN4O/c1-6-3-8(11)10(12-4-6)13-5-9-14-7(2)15-16-9/h3-4H,5H2,1-2H3,(H,12,13). The van der Waals surface area contributed by atoms with Crippen molar-refractivity contribution in [2.45, 2.75) is 20.4 Å². The van der Waals surface area contributed by atoms with Gasteiger partial charge in [0.2, 0.25) is 5.89 Å². The van der Waals surface area contributed by atoms with Crippen LogP contribution in [0.4, 0.5) is 5.82 Å². The lowest BCUT2D eigenvalue weighted by Gasteiger charge is -2.05. The van der Waals surface area contributed by atoms with Crippen LogP contribution in [0.2, 0.25) is 0 Å². The van der Waals surface area contributed by atoms with Gasteiger partial charge in [0.1, 0.15) is 5.82 Å². The first-order chi connectivity index (χ1) is 7.65. The molecular weight excluding hydrogens is 272 g/mol. The molecule has 2 aromatic heterocycles. The third-order valence-corrected chi connectivity index (χ3v) is 2.56. The molecule has 5 nitrogen and oxygen atoms in total. The number of halogens is 1. The summed E-state index contributed by atoms with van der Waals surface area (Å²) in [6.45, 7) is 4.24. The number of pyridine rings is 1. The van der Waals surface area contributed by atoms with Gasteiger partial charge in [-0.2, -0.15) is 4.98 Å². The van der Waals surface area contributed by atoms with Crippen molar-refractivity contribution in [2.75, 3.05) is 5.32 Å². The van der Waals surface area contributed by atoms with E-state index in [-0.39, 0.29) is 0 Å². The van der Waals surface area contributed by atoms with Crippen molar-refractivity contribution < 1.29 is 4.52 Å². The van der Waals surface area contributed by atoms with E-state index in [0.29, 0.717) is 18.3 Å². The highest BCUT2D eigenvalue weighted by Crippen LogP contribution is 2.20. The molecule has 0 saturated carbocycles. The Kier molecular flexibility index (Phi) is 3.19. The fourth-order valence-electron chi connectivity index (χ4n) is 1.23. The number of anilines is 1. The summed E-state index contributed by atoms with van der Waals surface area (Å²) in [5, 5.41) is 6.82. The number of hydrogen-bond acceptors (Lipinski definition) is 5. The van der Waals surface area contributed by atoms with E-state index in [1.165, 1.54) is 0 Å². The first-order valence-electron chi connectivity index (χ1n) is 4.80. The van der Waals surface area contributed by atoms with Gasteiger partial charge in [0, 0.05) is 6.20 Å². The molecule has 2 aromatic rings. The Morgan fingerprint density at radius 3 is 2.88 bits per heavy atom. The number of nitrogens with one attached hydrogen (secondary N) is 1. The molecule has 0 aliphatic rings. The maximum Gasteiger partial charge on any atom is 0.245 e. The van der Waals surface area contributed by atoms with E-state index in [1.54, 1.807) is 13.1 Å². The first kappa shape index (κ1) is 11.1. The highest BCUT2D eigenvalue weighted by Gasteiger charge is 2.05. The quantitative estimate of drug-likeness (QED) is 0.937. The molecule has 0 atom stereocenters. The molecule has 6 heteroatoms. The number of rotatable bonds is 3. The zero-order valence-corrected chi connectivity index (χ0v) is 10.6. The zero-order chi connectivity index (χ0) is 11.5. The molecule has 0 aliphatic carbocycles. The summed E-state index contributed by atoms with van der Waals surface area (Å²) in [7, 11) is 0. The lowest BCUT2D eigenvalue weighted by molar-refractivity contribution is 0.379. The van der Waals surface area contributed by atoms with E-state index in [9.17, 15) is 0 Å². The molecule has 0 radical (unpaired) electrons. The van der Waals surface area contributed by atoms with E-state index in [0.717, 1.165) is 15.9 Å². The van der Waals surface area contributed by atoms with Crippen LogP contribution in [0.3, 0.4) is 0 Å². The fourth-order valence-corrected chi connectivity index (χ4v) is 1.84. The van der Waals surface area contributed by atoms with E-state index < -0.39 is 0 Å². The highest BCUT2D eigenvalue weighted by atomic mass is 79.9. The maximum absolute atomic E-state index is 4.98. The van der Waals surface area contributed by atoms with Crippen molar-refractivity contribution in [1.82, 2.24) is 15.1 Å². The van der Waals surface area contributed by atoms with Gasteiger partial charge in [0.05, 0.1) is 11.0 Å². The van der Waals surface area contributed by atoms with Crippen LogP contribution in [0.15, 0.2) is 21.3 Å². The van der Waals surface area contributed by atoms with Crippen LogP contribution >= 0.6 is 15.9 Å². The summed E-state index contributed by atoms with van der Waals surface area (Å²) >= 11 is 3.43. The highest BCUT2D eigenvalue weighted by molar-refractivity contribution is 9.10. The molecule has 0 unspecified atom stereocenters. The molecule has 1 N–H and O–H groups in total. The molecule has 0 saturated heterocycles. The second-order valence-electron chi connectivity index (χ2n) is 3.43. The average molecular weight is 283 g/mol. The predicted octanol–water partition coefficient (Wildman–Crippen LogP) is 2.46. The fraction of sp³-hybridized carbons (Fsp3) is 0.300. The van der Waals surface area contributed by atoms with E-state index in [1.807, 2.05) is 13.0 Å². The van der Waals surface area contributed by atoms with Gasteiger partial charge in [0.15, 0.2) is 5.82 Å². The number of aromatic nitrogens is 3. The Morgan fingerprint density at radius 1 is 1.44 bits per heavy atom. The second kappa shape index (κ2) is 4.61. The van der Waals surface area contributed by atoms with Gasteiger partial charge >= 0.3 is 0 Å². The molecule has 0 aromatic carbocycles. The Balaban J connectivity index is 2.04. The summed E-state index contributed by atoms with van der Waals surface area (Å²) < 4.78 is 5.90. The largest absolute Gasteiger partial charge is 0.360 e. The number of nitrogens with zero attached hydrogens (tertiary/aromatic N) is 3. The van der Waals surface area contributed by atoms with Gasteiger partial charge in [-0.05, 0) is 41.4 Å². The molecule has 16 heavy (non-hydrogen) atoms. The molecule has 2 rings (SSSR count). The SMILES string of the molecule is Cc1cnc(NCc2nc(C)no2)c(Br)c1. The molecule has 84 valence electrons. The summed E-state index contributed by atoms with van der Waals surface area (Å²) in [5.74, 6) is 1.95. The van der Waals surface area contributed by atoms with Crippen LogP contribution in [-0.4, -0.2) is 15.1 Å². The monoisotopic (exact) mass is 282 g/mol. The van der Waals surface area contributed by atoms with Gasteiger partial charge in [-0.15, -0.1) is 0 Å². The van der Waals surface area contributed by atoms with Crippen LogP contribution in [-0.2, 0) is 6.54 Å². The van der Waals surface area contributed by atoms with Crippen LogP contribution in [0, 0.1) is 13.8 Å². The third-order valence-electron chi connectivity index (χ3n) is 1.95. The molecule has 2 heterocycles. The van der Waals surface area contributed by atoms with Crippen molar-refractivity contribution in [3.8, 4) is 0 Å². The topological polar surface area (TPSA) is 63.8 Å². The van der Waals surface area contributed by atoms with Crippen LogP contribution in [0.25, 0.3) is 0 Å². The van der Waals surface area contributed by atoms with Crippen LogP contribution in [0.1, 0.15) is 17.3 Å². The summed E-state index contributed by atoms with van der Waals surface area (Å²) in [6, 6.07) is 1.99. The minimum atomic E-state index is 0.468. The third kappa shape index (κ3) is 2.57. The molecule has 0 aliphatic heterocycles. The lowest BCUT2D eigenvalue weighted by Crippen LogP contribution is -2.02. The van der Waals surface area contributed by atoms with Crippen molar-refractivity contribution in [3.05, 3.63) is 34.0 Å². The molecule has 0 amide bonds. The molecule has 0 spiro atoms. The first-order valence-corrected chi connectivity index (χ1v) is 5.59. The van der Waals surface area contributed by atoms with Gasteiger partial charge in [-0.3, -0.25) is 0 Å². The Hall–Kier alpha value is -1.43. The second-order valence-corrected chi connectivity index (χ2v) is 4.29. The van der Waals surface area contributed by atoms with Gasteiger partial charge in [-0.1, -0.05) is 5.16 Å².